The smallest absolute Gasteiger partial charge is 0.247 e. The SMILES string of the molecule is CN(C)C/C=C/C(=O)N1CC(n2ccc3ncnc(Oc4ccc(Oc5ccccc5)cc4)c32)C1. The van der Waals surface area contributed by atoms with Gasteiger partial charge in [-0.25, -0.2) is 4.98 Å². The second kappa shape index (κ2) is 9.99. The lowest BCUT2D eigenvalue weighted by molar-refractivity contribution is -0.131. The summed E-state index contributed by atoms with van der Waals surface area (Å²) in [5, 5.41) is 0. The van der Waals surface area contributed by atoms with Gasteiger partial charge in [0, 0.05) is 31.9 Å². The average molecular weight is 470 g/mol. The van der Waals surface area contributed by atoms with Crippen LogP contribution in [0.2, 0.25) is 0 Å². The van der Waals surface area contributed by atoms with Crippen molar-refractivity contribution in [3.05, 3.63) is 85.3 Å². The fourth-order valence-electron chi connectivity index (χ4n) is 3.94. The lowest BCUT2D eigenvalue weighted by Gasteiger charge is -2.39. The van der Waals surface area contributed by atoms with Gasteiger partial charge in [0.15, 0.2) is 0 Å². The molecule has 0 spiro atoms. The molecular formula is C27H27N5O3. The van der Waals surface area contributed by atoms with Gasteiger partial charge in [0.05, 0.1) is 11.6 Å². The largest absolute Gasteiger partial charge is 0.457 e. The molecule has 3 heterocycles. The number of benzene rings is 2. The number of likely N-dealkylation sites (N-methyl/N-ethyl adjacent to an activating group) is 1. The van der Waals surface area contributed by atoms with Crippen molar-refractivity contribution in [2.75, 3.05) is 33.7 Å². The topological polar surface area (TPSA) is 72.7 Å². The standard InChI is InChI=1S/C27H27N5O3/c1-30(2)15-6-9-25(33)31-17-20(18-31)32-16-14-24-26(32)27(29-19-28-24)35-23-12-10-22(11-13-23)34-21-7-4-3-5-8-21/h3-14,16,19-20H,15,17-18H2,1-2H3/b9-6+. The van der Waals surface area contributed by atoms with Crippen LogP contribution in [-0.2, 0) is 4.79 Å². The highest BCUT2D eigenvalue weighted by Gasteiger charge is 2.32. The normalized spacial score (nSPS) is 14.0. The van der Waals surface area contributed by atoms with Gasteiger partial charge in [-0.1, -0.05) is 24.3 Å². The Morgan fingerprint density at radius 3 is 2.37 bits per heavy atom. The summed E-state index contributed by atoms with van der Waals surface area (Å²) < 4.78 is 14.1. The van der Waals surface area contributed by atoms with E-state index in [1.54, 1.807) is 6.08 Å². The van der Waals surface area contributed by atoms with E-state index < -0.39 is 0 Å². The number of hydrogen-bond donors (Lipinski definition) is 0. The summed E-state index contributed by atoms with van der Waals surface area (Å²) in [6.45, 7) is 2.01. The van der Waals surface area contributed by atoms with Crippen molar-refractivity contribution in [2.45, 2.75) is 6.04 Å². The minimum Gasteiger partial charge on any atom is -0.457 e. The van der Waals surface area contributed by atoms with Gasteiger partial charge in [-0.3, -0.25) is 4.79 Å². The minimum atomic E-state index is 0.0325. The highest BCUT2D eigenvalue weighted by molar-refractivity contribution is 5.88. The molecule has 35 heavy (non-hydrogen) atoms. The molecule has 4 aromatic rings. The first-order valence-corrected chi connectivity index (χ1v) is 11.5. The van der Waals surface area contributed by atoms with Crippen molar-refractivity contribution in [3.63, 3.8) is 0 Å². The second-order valence-corrected chi connectivity index (χ2v) is 8.69. The van der Waals surface area contributed by atoms with Crippen LogP contribution in [0.15, 0.2) is 85.3 Å². The van der Waals surface area contributed by atoms with Gasteiger partial charge in [-0.2, -0.15) is 4.98 Å². The molecule has 1 fully saturated rings. The van der Waals surface area contributed by atoms with Gasteiger partial charge in [-0.05, 0) is 56.6 Å². The van der Waals surface area contributed by atoms with Crippen LogP contribution in [0.5, 0.6) is 23.1 Å². The molecule has 2 aromatic carbocycles. The maximum Gasteiger partial charge on any atom is 0.247 e. The van der Waals surface area contributed by atoms with Crippen molar-refractivity contribution in [1.29, 1.82) is 0 Å². The van der Waals surface area contributed by atoms with Crippen molar-refractivity contribution in [2.24, 2.45) is 0 Å². The molecule has 0 unspecified atom stereocenters. The molecule has 0 saturated carbocycles. The van der Waals surface area contributed by atoms with E-state index in [-0.39, 0.29) is 11.9 Å². The fraction of sp³-hybridized carbons (Fsp3) is 0.222. The van der Waals surface area contributed by atoms with Gasteiger partial charge in [-0.15, -0.1) is 0 Å². The predicted molar refractivity (Wildman–Crippen MR) is 134 cm³/mol. The highest BCUT2D eigenvalue weighted by Crippen LogP contribution is 2.33. The van der Waals surface area contributed by atoms with Crippen LogP contribution >= 0.6 is 0 Å². The molecule has 1 aliphatic rings. The highest BCUT2D eigenvalue weighted by atomic mass is 16.5. The molecule has 0 N–H and O–H groups in total. The maximum absolute atomic E-state index is 12.4. The molecule has 178 valence electrons. The zero-order chi connectivity index (χ0) is 24.2. The summed E-state index contributed by atoms with van der Waals surface area (Å²) in [4.78, 5) is 25.0. The Hall–Kier alpha value is -4.17. The predicted octanol–water partition coefficient (Wildman–Crippen LogP) is 4.52. The van der Waals surface area contributed by atoms with E-state index in [9.17, 15) is 4.79 Å². The van der Waals surface area contributed by atoms with Crippen LogP contribution in [0.3, 0.4) is 0 Å². The molecule has 8 nitrogen and oxygen atoms in total. The van der Waals surface area contributed by atoms with Crippen LogP contribution in [0.25, 0.3) is 11.0 Å². The zero-order valence-electron chi connectivity index (χ0n) is 19.7. The second-order valence-electron chi connectivity index (χ2n) is 8.69. The first kappa shape index (κ1) is 22.6. The van der Waals surface area contributed by atoms with Gasteiger partial charge >= 0.3 is 0 Å². The van der Waals surface area contributed by atoms with E-state index in [0.29, 0.717) is 24.7 Å². The summed E-state index contributed by atoms with van der Waals surface area (Å²) in [5.41, 5.74) is 1.62. The molecule has 0 aliphatic carbocycles. The van der Waals surface area contributed by atoms with Gasteiger partial charge in [0.2, 0.25) is 11.8 Å². The molecule has 0 bridgehead atoms. The van der Waals surface area contributed by atoms with Gasteiger partial charge in [0.1, 0.15) is 29.1 Å². The number of carbonyl (C=O) groups is 1. The lowest BCUT2D eigenvalue weighted by atomic mass is 10.1. The Labute approximate surface area is 204 Å². The maximum atomic E-state index is 12.4. The Morgan fingerprint density at radius 1 is 0.971 bits per heavy atom. The van der Waals surface area contributed by atoms with Gasteiger partial charge < -0.3 is 23.8 Å². The van der Waals surface area contributed by atoms with Crippen LogP contribution in [0, 0.1) is 0 Å². The number of ether oxygens (including phenoxy) is 2. The van der Waals surface area contributed by atoms with E-state index in [4.69, 9.17) is 9.47 Å². The van der Waals surface area contributed by atoms with Crippen LogP contribution in [0.4, 0.5) is 0 Å². The Morgan fingerprint density at radius 2 is 1.66 bits per heavy atom. The fourth-order valence-corrected chi connectivity index (χ4v) is 3.94. The first-order valence-electron chi connectivity index (χ1n) is 11.5. The third-order valence-corrected chi connectivity index (χ3v) is 5.78. The number of carbonyl (C=O) groups excluding carboxylic acids is 1. The Bertz CT molecular complexity index is 1330. The molecule has 1 saturated heterocycles. The van der Waals surface area contributed by atoms with E-state index in [0.717, 1.165) is 29.1 Å². The number of hydrogen-bond acceptors (Lipinski definition) is 6. The van der Waals surface area contributed by atoms with E-state index >= 15 is 0 Å². The molecule has 2 aromatic heterocycles. The molecule has 1 amide bonds. The molecule has 8 heteroatoms. The van der Waals surface area contributed by atoms with Crippen LogP contribution in [-0.4, -0.2) is 64.0 Å². The summed E-state index contributed by atoms with van der Waals surface area (Å²) in [5.74, 6) is 2.66. The first-order chi connectivity index (χ1) is 17.1. The summed E-state index contributed by atoms with van der Waals surface area (Å²) in [6.07, 6.45) is 7.02. The Balaban J connectivity index is 1.28. The number of rotatable bonds is 8. The summed E-state index contributed by atoms with van der Waals surface area (Å²) in [6, 6.07) is 19.1. The van der Waals surface area contributed by atoms with Crippen LogP contribution in [0.1, 0.15) is 6.04 Å². The molecule has 1 aliphatic heterocycles. The third-order valence-electron chi connectivity index (χ3n) is 5.78. The number of aromatic nitrogens is 3. The number of likely N-dealkylation sites (tertiary alicyclic amines) is 1. The average Bonchev–Trinajstić information content (AvgIpc) is 3.25. The summed E-state index contributed by atoms with van der Waals surface area (Å²) >= 11 is 0. The number of nitrogens with zero attached hydrogens (tertiary/aromatic N) is 5. The van der Waals surface area contributed by atoms with Crippen molar-refractivity contribution in [1.82, 2.24) is 24.3 Å². The van der Waals surface area contributed by atoms with Crippen LogP contribution < -0.4 is 9.47 Å². The quantitative estimate of drug-likeness (QED) is 0.354. The monoisotopic (exact) mass is 469 g/mol. The molecular weight excluding hydrogens is 442 g/mol. The zero-order valence-corrected chi connectivity index (χ0v) is 19.7. The molecule has 0 radical (unpaired) electrons. The van der Waals surface area contributed by atoms with Crippen molar-refractivity contribution in [3.8, 4) is 23.1 Å². The Kier molecular flexibility index (Phi) is 6.45. The van der Waals surface area contributed by atoms with E-state index in [1.807, 2.05) is 96.8 Å². The third kappa shape index (κ3) is 5.17. The molecule has 5 rings (SSSR count). The number of para-hydroxylation sites is 1. The number of amides is 1. The molecule has 0 atom stereocenters. The van der Waals surface area contributed by atoms with Crippen molar-refractivity contribution < 1.29 is 14.3 Å². The number of fused-ring (bicyclic) bond motifs is 1. The van der Waals surface area contributed by atoms with Gasteiger partial charge in [0.25, 0.3) is 0 Å². The van der Waals surface area contributed by atoms with E-state index in [1.165, 1.54) is 6.33 Å². The lowest BCUT2D eigenvalue weighted by Crippen LogP contribution is -2.50. The van der Waals surface area contributed by atoms with Crippen molar-refractivity contribution >= 4 is 16.9 Å². The minimum absolute atomic E-state index is 0.0325. The van der Waals surface area contributed by atoms with E-state index in [2.05, 4.69) is 14.5 Å². The summed E-state index contributed by atoms with van der Waals surface area (Å²) in [7, 11) is 3.94.